The fraction of sp³-hybridized carbons (Fsp3) is 0.714. The van der Waals surface area contributed by atoms with Crippen molar-refractivity contribution in [2.45, 2.75) is 80.6 Å². The zero-order valence-electron chi connectivity index (χ0n) is 21.5. The first-order chi connectivity index (χ1) is 17.8. The Kier molecular flexibility index (Phi) is 5.02. The SMILES string of the molecule is COC12CC[C@@]3(C[C@@H]1CNC(=O)[C@@H](N)CC(N)=O)[C@H]1Cc4ccc(O)c5c4[C@@]3(CCN1CC1CC1)C2O5. The van der Waals surface area contributed by atoms with Crippen LogP contribution in [0, 0.1) is 17.3 Å². The molecule has 2 heterocycles. The lowest BCUT2D eigenvalue weighted by Gasteiger charge is -2.74. The molecule has 200 valence electrons. The number of piperidine rings is 1. The molecule has 9 nitrogen and oxygen atoms in total. The molecule has 7 aliphatic rings. The van der Waals surface area contributed by atoms with Gasteiger partial charge in [0.15, 0.2) is 11.5 Å². The number of hydrogen-bond acceptors (Lipinski definition) is 7. The fourth-order valence-corrected chi connectivity index (χ4v) is 9.45. The van der Waals surface area contributed by atoms with E-state index in [1.165, 1.54) is 24.0 Å². The third-order valence-electron chi connectivity index (χ3n) is 11.1. The summed E-state index contributed by atoms with van der Waals surface area (Å²) in [5.41, 5.74) is 12.9. The minimum Gasteiger partial charge on any atom is -0.504 e. The molecule has 0 radical (unpaired) electrons. The van der Waals surface area contributed by atoms with E-state index in [-0.39, 0.29) is 40.9 Å². The molecule has 9 heteroatoms. The lowest BCUT2D eigenvalue weighted by Crippen LogP contribution is -2.81. The molecule has 1 aromatic rings. The van der Waals surface area contributed by atoms with Crippen molar-refractivity contribution in [2.75, 3.05) is 26.7 Å². The highest BCUT2D eigenvalue weighted by atomic mass is 16.6. The van der Waals surface area contributed by atoms with Crippen LogP contribution in [-0.2, 0) is 26.2 Å². The van der Waals surface area contributed by atoms with Crippen molar-refractivity contribution in [3.8, 4) is 11.5 Å². The van der Waals surface area contributed by atoms with Crippen molar-refractivity contribution in [3.05, 3.63) is 23.3 Å². The lowest BCUT2D eigenvalue weighted by atomic mass is 9.35. The van der Waals surface area contributed by atoms with E-state index in [1.54, 1.807) is 13.2 Å². The molecule has 2 spiro atoms. The number of rotatable bonds is 8. The number of phenolic OH excluding ortho intramolecular Hbond substituents is 1. The zero-order chi connectivity index (χ0) is 25.7. The van der Waals surface area contributed by atoms with Gasteiger partial charge in [0, 0.05) is 48.6 Å². The second-order valence-electron chi connectivity index (χ2n) is 12.6. The van der Waals surface area contributed by atoms with Gasteiger partial charge in [-0.3, -0.25) is 14.5 Å². The highest BCUT2D eigenvalue weighted by molar-refractivity contribution is 5.87. The van der Waals surface area contributed by atoms with Crippen LogP contribution in [0.3, 0.4) is 0 Å². The number of nitrogens with one attached hydrogen (secondary N) is 1. The molecule has 6 N–H and O–H groups in total. The molecule has 2 unspecified atom stereocenters. The quantitative estimate of drug-likeness (QED) is 0.408. The maximum absolute atomic E-state index is 12.7. The molecular weight excluding hydrogens is 472 g/mol. The molecule has 0 aromatic heterocycles. The number of methoxy groups -OCH3 is 1. The summed E-state index contributed by atoms with van der Waals surface area (Å²) in [6, 6.07) is 3.35. The van der Waals surface area contributed by atoms with Crippen molar-refractivity contribution in [3.63, 3.8) is 0 Å². The number of ether oxygens (including phenoxy) is 2. The number of likely N-dealkylation sites (tertiary alicyclic amines) is 1. The largest absolute Gasteiger partial charge is 0.504 e. The third kappa shape index (κ3) is 2.96. The Morgan fingerprint density at radius 3 is 2.84 bits per heavy atom. The third-order valence-corrected chi connectivity index (χ3v) is 11.1. The molecule has 5 fully saturated rings. The molecule has 5 aliphatic carbocycles. The first kappa shape index (κ1) is 23.7. The van der Waals surface area contributed by atoms with Gasteiger partial charge < -0.3 is 31.4 Å². The summed E-state index contributed by atoms with van der Waals surface area (Å²) in [7, 11) is 1.76. The van der Waals surface area contributed by atoms with E-state index >= 15 is 0 Å². The van der Waals surface area contributed by atoms with E-state index in [0.29, 0.717) is 18.3 Å². The summed E-state index contributed by atoms with van der Waals surface area (Å²) in [5.74, 6) is 0.739. The monoisotopic (exact) mass is 510 g/mol. The van der Waals surface area contributed by atoms with Gasteiger partial charge in [-0.25, -0.2) is 0 Å². The standard InChI is InChI=1S/C28H38N4O5/c1-36-28-7-6-26(12-17(28)13-31-24(35)18(29)11-21(30)34)20-10-16-4-5-19(33)23-22(16)27(26,25(28)37-23)8-9-32(20)14-15-2-3-15/h4-5,15,17-18,20,25,33H,2-3,6-14,29H2,1H3,(H2,30,34)(H,31,35)/t17-,18+,20-,25?,26-,27+,28?/m1/s1. The van der Waals surface area contributed by atoms with Crippen LogP contribution in [0.5, 0.6) is 11.5 Å². The minimum atomic E-state index is -0.962. The van der Waals surface area contributed by atoms with Gasteiger partial charge in [0.25, 0.3) is 0 Å². The van der Waals surface area contributed by atoms with Crippen LogP contribution in [-0.4, -0.2) is 72.4 Å². The van der Waals surface area contributed by atoms with E-state index in [1.807, 2.05) is 0 Å². The number of nitrogens with zero attached hydrogens (tertiary/aromatic N) is 1. The van der Waals surface area contributed by atoms with Crippen molar-refractivity contribution in [1.29, 1.82) is 0 Å². The van der Waals surface area contributed by atoms with Crippen LogP contribution in [0.25, 0.3) is 0 Å². The summed E-state index contributed by atoms with van der Waals surface area (Å²) < 4.78 is 13.2. The summed E-state index contributed by atoms with van der Waals surface area (Å²) in [4.78, 5) is 26.8. The zero-order valence-corrected chi connectivity index (χ0v) is 21.5. The van der Waals surface area contributed by atoms with E-state index in [0.717, 1.165) is 51.1 Å². The van der Waals surface area contributed by atoms with Crippen molar-refractivity contribution in [1.82, 2.24) is 10.2 Å². The van der Waals surface area contributed by atoms with Gasteiger partial charge in [0.1, 0.15) is 11.7 Å². The number of fused-ring (bicyclic) bond motifs is 2. The summed E-state index contributed by atoms with van der Waals surface area (Å²) in [6.07, 6.45) is 7.04. The van der Waals surface area contributed by atoms with Gasteiger partial charge in [-0.2, -0.15) is 0 Å². The second kappa shape index (κ2) is 7.83. The fourth-order valence-electron chi connectivity index (χ4n) is 9.45. The van der Waals surface area contributed by atoms with Crippen LogP contribution >= 0.6 is 0 Å². The Hall–Kier alpha value is -2.36. The minimum absolute atomic E-state index is 0.0120. The van der Waals surface area contributed by atoms with Crippen LogP contribution in [0.15, 0.2) is 12.1 Å². The number of nitrogens with two attached hydrogens (primary N) is 2. The number of primary amides is 1. The number of hydrogen-bond donors (Lipinski definition) is 4. The highest BCUT2D eigenvalue weighted by Gasteiger charge is 2.80. The topological polar surface area (TPSA) is 140 Å². The number of phenols is 1. The summed E-state index contributed by atoms with van der Waals surface area (Å²) in [6.45, 7) is 2.61. The molecule has 1 saturated heterocycles. The van der Waals surface area contributed by atoms with Crippen molar-refractivity contribution >= 4 is 11.8 Å². The number of carbonyl (C=O) groups is 2. The van der Waals surface area contributed by atoms with E-state index in [4.69, 9.17) is 20.9 Å². The van der Waals surface area contributed by atoms with E-state index in [9.17, 15) is 14.7 Å². The molecular formula is C28H38N4O5. The van der Waals surface area contributed by atoms with Crippen LogP contribution in [0.1, 0.15) is 56.1 Å². The van der Waals surface area contributed by atoms with Crippen molar-refractivity contribution in [2.24, 2.45) is 28.7 Å². The number of aromatic hydroxyl groups is 1. The highest BCUT2D eigenvalue weighted by Crippen LogP contribution is 2.76. The van der Waals surface area contributed by atoms with Crippen LogP contribution < -0.4 is 21.5 Å². The second-order valence-corrected chi connectivity index (χ2v) is 12.6. The maximum Gasteiger partial charge on any atom is 0.237 e. The number of carbonyl (C=O) groups excluding carboxylic acids is 2. The van der Waals surface area contributed by atoms with Gasteiger partial charge in [0.05, 0.1) is 12.5 Å². The predicted molar refractivity (Wildman–Crippen MR) is 135 cm³/mol. The molecule has 2 aliphatic heterocycles. The maximum atomic E-state index is 12.7. The molecule has 7 atom stereocenters. The van der Waals surface area contributed by atoms with Gasteiger partial charge >= 0.3 is 0 Å². The molecule has 1 aromatic carbocycles. The molecule has 4 saturated carbocycles. The Labute approximate surface area is 217 Å². The van der Waals surface area contributed by atoms with E-state index < -0.39 is 17.6 Å². The lowest BCUT2D eigenvalue weighted by molar-refractivity contribution is -0.276. The summed E-state index contributed by atoms with van der Waals surface area (Å²) in [5, 5.41) is 13.9. The Balaban J connectivity index is 1.29. The predicted octanol–water partition coefficient (Wildman–Crippen LogP) is 0.936. The number of amides is 2. The Bertz CT molecular complexity index is 1170. The average Bonchev–Trinajstić information content (AvgIpc) is 3.62. The average molecular weight is 511 g/mol. The Morgan fingerprint density at radius 1 is 1.30 bits per heavy atom. The first-order valence-electron chi connectivity index (χ1n) is 13.9. The van der Waals surface area contributed by atoms with Gasteiger partial charge in [-0.1, -0.05) is 6.07 Å². The van der Waals surface area contributed by atoms with Gasteiger partial charge in [-0.15, -0.1) is 0 Å². The van der Waals surface area contributed by atoms with Gasteiger partial charge in [0.2, 0.25) is 11.8 Å². The molecule has 2 amide bonds. The first-order valence-corrected chi connectivity index (χ1v) is 13.9. The number of benzene rings is 1. The molecule has 37 heavy (non-hydrogen) atoms. The summed E-state index contributed by atoms with van der Waals surface area (Å²) >= 11 is 0. The normalized spacial score (nSPS) is 39.6. The van der Waals surface area contributed by atoms with Gasteiger partial charge in [-0.05, 0) is 69.0 Å². The Morgan fingerprint density at radius 2 is 2.11 bits per heavy atom. The van der Waals surface area contributed by atoms with Crippen LogP contribution in [0.2, 0.25) is 0 Å². The molecule has 4 bridgehead atoms. The van der Waals surface area contributed by atoms with Crippen LogP contribution in [0.4, 0.5) is 0 Å². The van der Waals surface area contributed by atoms with E-state index in [2.05, 4.69) is 16.3 Å². The van der Waals surface area contributed by atoms with Crippen molar-refractivity contribution < 1.29 is 24.2 Å². The smallest absolute Gasteiger partial charge is 0.237 e. The molecule has 8 rings (SSSR count).